The molecule has 2 unspecified atom stereocenters. The van der Waals surface area contributed by atoms with Crippen molar-refractivity contribution in [1.29, 1.82) is 0 Å². The van der Waals surface area contributed by atoms with E-state index < -0.39 is 0 Å². The van der Waals surface area contributed by atoms with Crippen molar-refractivity contribution in [2.45, 2.75) is 19.4 Å². The van der Waals surface area contributed by atoms with Gasteiger partial charge in [-0.3, -0.25) is 0 Å². The van der Waals surface area contributed by atoms with E-state index >= 15 is 0 Å². The second kappa shape index (κ2) is 4.73. The highest BCUT2D eigenvalue weighted by Crippen LogP contribution is 2.33. The predicted octanol–water partition coefficient (Wildman–Crippen LogP) is 3.08. The first kappa shape index (κ1) is 11.7. The average molecular weight is 262 g/mol. The molecule has 0 aliphatic carbocycles. The summed E-state index contributed by atoms with van der Waals surface area (Å²) in [5.41, 5.74) is 2.11. The first-order chi connectivity index (χ1) is 8.81. The number of hydrogen-bond acceptors (Lipinski definition) is 3. The molecule has 0 bridgehead atoms. The van der Waals surface area contributed by atoms with Crippen LogP contribution < -0.4 is 4.90 Å². The molecule has 0 radical (unpaired) electrons. The van der Waals surface area contributed by atoms with Gasteiger partial charge in [0.05, 0.1) is 17.4 Å². The molecule has 1 aromatic heterocycles. The van der Waals surface area contributed by atoms with Gasteiger partial charge >= 0.3 is 0 Å². The first-order valence-corrected chi connectivity index (χ1v) is 6.87. The van der Waals surface area contributed by atoms with Crippen molar-refractivity contribution in [2.75, 3.05) is 17.3 Å². The van der Waals surface area contributed by atoms with E-state index in [1.165, 1.54) is 6.42 Å². The molecule has 1 aliphatic rings. The Hall–Kier alpha value is -1.35. The molecule has 0 spiro atoms. The molecule has 0 amide bonds. The van der Waals surface area contributed by atoms with Crippen LogP contribution in [-0.2, 0) is 0 Å². The summed E-state index contributed by atoms with van der Waals surface area (Å²) >= 11 is 6.12. The quantitative estimate of drug-likeness (QED) is 0.778. The van der Waals surface area contributed by atoms with Crippen LogP contribution in [0.15, 0.2) is 30.5 Å². The van der Waals surface area contributed by atoms with Gasteiger partial charge in [0, 0.05) is 23.9 Å². The monoisotopic (exact) mass is 261 g/mol. The first-order valence-electron chi connectivity index (χ1n) is 6.34. The second-order valence-electron chi connectivity index (χ2n) is 4.93. The van der Waals surface area contributed by atoms with E-state index in [1.54, 1.807) is 0 Å². The van der Waals surface area contributed by atoms with E-state index in [-0.39, 0.29) is 0 Å². The Morgan fingerprint density at radius 2 is 2.22 bits per heavy atom. The summed E-state index contributed by atoms with van der Waals surface area (Å²) in [4.78, 5) is 2.38. The van der Waals surface area contributed by atoms with Gasteiger partial charge in [0.1, 0.15) is 0 Å². The van der Waals surface area contributed by atoms with E-state index in [1.807, 2.05) is 24.4 Å². The molecule has 0 N–H and O–H groups in total. The van der Waals surface area contributed by atoms with Crippen LogP contribution >= 0.6 is 11.6 Å². The van der Waals surface area contributed by atoms with Gasteiger partial charge in [-0.05, 0) is 18.4 Å². The van der Waals surface area contributed by atoms with Crippen molar-refractivity contribution < 1.29 is 0 Å². The number of hydrogen-bond donors (Lipinski definition) is 0. The van der Waals surface area contributed by atoms with E-state index in [9.17, 15) is 0 Å². The molecule has 1 aromatic carbocycles. The van der Waals surface area contributed by atoms with Crippen molar-refractivity contribution >= 4 is 28.2 Å². The molecule has 2 aromatic rings. The standard InChI is InChI=1S/C14H16ClN3/c1-10-6-7-18(13(10)8-15)14-9-16-17-12-5-3-2-4-11(12)14/h2-5,9-10,13H,6-8H2,1H3. The lowest BCUT2D eigenvalue weighted by atomic mass is 10.0. The molecular weight excluding hydrogens is 246 g/mol. The Morgan fingerprint density at radius 1 is 1.39 bits per heavy atom. The zero-order valence-corrected chi connectivity index (χ0v) is 11.1. The minimum absolute atomic E-state index is 0.402. The number of anilines is 1. The van der Waals surface area contributed by atoms with Crippen LogP contribution in [0.3, 0.4) is 0 Å². The van der Waals surface area contributed by atoms with Crippen LogP contribution in [-0.4, -0.2) is 28.7 Å². The minimum atomic E-state index is 0.402. The molecule has 1 fully saturated rings. The summed E-state index contributed by atoms with van der Waals surface area (Å²) < 4.78 is 0. The van der Waals surface area contributed by atoms with Gasteiger partial charge in [0.25, 0.3) is 0 Å². The third-order valence-electron chi connectivity index (χ3n) is 3.88. The maximum absolute atomic E-state index is 6.12. The fourth-order valence-corrected chi connectivity index (χ4v) is 3.23. The van der Waals surface area contributed by atoms with Crippen molar-refractivity contribution in [1.82, 2.24) is 10.2 Å². The molecule has 3 rings (SSSR count). The Kier molecular flexibility index (Phi) is 3.08. The Labute approximate surface area is 112 Å². The fraction of sp³-hybridized carbons (Fsp3) is 0.429. The highest BCUT2D eigenvalue weighted by molar-refractivity contribution is 6.18. The topological polar surface area (TPSA) is 29.0 Å². The van der Waals surface area contributed by atoms with Crippen LogP contribution in [0.5, 0.6) is 0 Å². The summed E-state index contributed by atoms with van der Waals surface area (Å²) in [7, 11) is 0. The smallest absolute Gasteiger partial charge is 0.0950 e. The molecule has 2 atom stereocenters. The molecule has 0 saturated carbocycles. The molecule has 18 heavy (non-hydrogen) atoms. The van der Waals surface area contributed by atoms with Crippen LogP contribution in [0, 0.1) is 5.92 Å². The maximum atomic E-state index is 6.12. The van der Waals surface area contributed by atoms with Crippen molar-refractivity contribution in [3.05, 3.63) is 30.5 Å². The summed E-state index contributed by atoms with van der Waals surface area (Å²) in [5.74, 6) is 1.30. The van der Waals surface area contributed by atoms with Crippen molar-refractivity contribution in [3.63, 3.8) is 0 Å². The number of halogens is 1. The van der Waals surface area contributed by atoms with E-state index in [0.717, 1.165) is 23.1 Å². The van der Waals surface area contributed by atoms with Crippen molar-refractivity contribution in [2.24, 2.45) is 5.92 Å². The third-order valence-corrected chi connectivity index (χ3v) is 4.19. The van der Waals surface area contributed by atoms with E-state index in [0.29, 0.717) is 17.8 Å². The number of rotatable bonds is 2. The van der Waals surface area contributed by atoms with Crippen LogP contribution in [0.4, 0.5) is 5.69 Å². The van der Waals surface area contributed by atoms with Gasteiger partial charge in [-0.25, -0.2) is 0 Å². The summed E-state index contributed by atoms with van der Waals surface area (Å²) in [6, 6.07) is 8.54. The Balaban J connectivity index is 2.09. The highest BCUT2D eigenvalue weighted by Gasteiger charge is 2.31. The average Bonchev–Trinajstić information content (AvgIpc) is 2.79. The molecule has 94 valence electrons. The van der Waals surface area contributed by atoms with Gasteiger partial charge in [0.2, 0.25) is 0 Å². The van der Waals surface area contributed by atoms with E-state index in [2.05, 4.69) is 28.1 Å². The molecule has 1 saturated heterocycles. The van der Waals surface area contributed by atoms with Crippen molar-refractivity contribution in [3.8, 4) is 0 Å². The predicted molar refractivity (Wildman–Crippen MR) is 75.2 cm³/mol. The summed E-state index contributed by atoms with van der Waals surface area (Å²) in [5, 5.41) is 9.45. The third kappa shape index (κ3) is 1.83. The number of nitrogens with zero attached hydrogens (tertiary/aromatic N) is 3. The van der Waals surface area contributed by atoms with Crippen LogP contribution in [0.1, 0.15) is 13.3 Å². The number of benzene rings is 1. The van der Waals surface area contributed by atoms with Gasteiger partial charge in [-0.2, -0.15) is 10.2 Å². The largest absolute Gasteiger partial charge is 0.365 e. The summed E-state index contributed by atoms with van der Waals surface area (Å²) in [6.45, 7) is 3.32. The SMILES string of the molecule is CC1CCN(c2cnnc3ccccc23)C1CCl. The molecule has 4 heteroatoms. The maximum Gasteiger partial charge on any atom is 0.0950 e. The minimum Gasteiger partial charge on any atom is -0.365 e. The normalized spacial score (nSPS) is 23.8. The van der Waals surface area contributed by atoms with Crippen LogP contribution in [0.2, 0.25) is 0 Å². The molecule has 2 heterocycles. The number of alkyl halides is 1. The van der Waals surface area contributed by atoms with Gasteiger partial charge in [0.15, 0.2) is 0 Å². The lowest BCUT2D eigenvalue weighted by Gasteiger charge is -2.27. The number of fused-ring (bicyclic) bond motifs is 1. The fourth-order valence-electron chi connectivity index (χ4n) is 2.76. The highest BCUT2D eigenvalue weighted by atomic mass is 35.5. The molecular formula is C14H16ClN3. The van der Waals surface area contributed by atoms with Crippen LogP contribution in [0.25, 0.3) is 10.9 Å². The Morgan fingerprint density at radius 3 is 3.06 bits per heavy atom. The lowest BCUT2D eigenvalue weighted by Crippen LogP contribution is -2.33. The zero-order valence-electron chi connectivity index (χ0n) is 10.4. The van der Waals surface area contributed by atoms with E-state index in [4.69, 9.17) is 11.6 Å². The van der Waals surface area contributed by atoms with Gasteiger partial charge in [-0.15, -0.1) is 11.6 Å². The Bertz CT molecular complexity index is 552. The van der Waals surface area contributed by atoms with Gasteiger partial charge < -0.3 is 4.90 Å². The molecule has 1 aliphatic heterocycles. The number of aromatic nitrogens is 2. The lowest BCUT2D eigenvalue weighted by molar-refractivity contribution is 0.550. The summed E-state index contributed by atoms with van der Waals surface area (Å²) in [6.07, 6.45) is 3.05. The second-order valence-corrected chi connectivity index (χ2v) is 5.24. The zero-order chi connectivity index (χ0) is 12.5. The van der Waals surface area contributed by atoms with Gasteiger partial charge in [-0.1, -0.05) is 25.1 Å². The molecule has 3 nitrogen and oxygen atoms in total.